The predicted molar refractivity (Wildman–Crippen MR) is 111 cm³/mol. The van der Waals surface area contributed by atoms with Crippen molar-refractivity contribution in [2.24, 2.45) is 29.6 Å². The average molecular weight is 435 g/mol. The van der Waals surface area contributed by atoms with Crippen molar-refractivity contribution in [1.82, 2.24) is 0 Å². The average Bonchev–Trinajstić information content (AvgIpc) is 3.02. The highest BCUT2D eigenvalue weighted by molar-refractivity contribution is 5.95. The van der Waals surface area contributed by atoms with E-state index in [1.54, 1.807) is 0 Å². The van der Waals surface area contributed by atoms with Crippen LogP contribution in [0.1, 0.15) is 53.9 Å². The van der Waals surface area contributed by atoms with Gasteiger partial charge in [-0.1, -0.05) is 20.4 Å². The number of carbonyl (C=O) groups is 3. The zero-order valence-electron chi connectivity index (χ0n) is 19.1. The second kappa shape index (κ2) is 8.00. The molecule has 0 spiro atoms. The van der Waals surface area contributed by atoms with Gasteiger partial charge in [0.25, 0.3) is 0 Å². The molecule has 31 heavy (non-hydrogen) atoms. The van der Waals surface area contributed by atoms with E-state index in [0.29, 0.717) is 24.5 Å². The molecule has 0 aromatic heterocycles. The monoisotopic (exact) mass is 434 g/mol. The summed E-state index contributed by atoms with van der Waals surface area (Å²) in [5.41, 5.74) is -0.525. The topological polar surface area (TPSA) is 88.1 Å². The normalized spacial score (nSPS) is 46.9. The van der Waals surface area contributed by atoms with E-state index in [-0.39, 0.29) is 60.2 Å². The van der Waals surface area contributed by atoms with E-state index in [9.17, 15) is 14.4 Å². The molecule has 0 aromatic carbocycles. The molecule has 4 rings (SSSR count). The molecule has 0 amide bonds. The molecule has 4 fully saturated rings. The third kappa shape index (κ3) is 3.74. The van der Waals surface area contributed by atoms with Crippen LogP contribution >= 0.6 is 0 Å². The fraction of sp³-hybridized carbons (Fsp3) is 0.792. The summed E-state index contributed by atoms with van der Waals surface area (Å²) in [6, 6.07) is 0. The van der Waals surface area contributed by atoms with Crippen LogP contribution in [-0.4, -0.2) is 54.3 Å². The van der Waals surface area contributed by atoms with E-state index in [2.05, 4.69) is 20.4 Å². The lowest BCUT2D eigenvalue weighted by Gasteiger charge is -2.47. The molecule has 4 aliphatic rings. The van der Waals surface area contributed by atoms with E-state index in [1.807, 2.05) is 6.92 Å². The summed E-state index contributed by atoms with van der Waals surface area (Å²) in [5.74, 6) is -0.143. The number of ether oxygens (including phenoxy) is 4. The Bertz CT molecular complexity index is 791. The van der Waals surface area contributed by atoms with Gasteiger partial charge in [-0.15, -0.1) is 0 Å². The fourth-order valence-electron chi connectivity index (χ4n) is 6.58. The lowest BCUT2D eigenvalue weighted by Crippen LogP contribution is -2.57. The van der Waals surface area contributed by atoms with E-state index in [0.717, 1.165) is 6.42 Å². The minimum Gasteiger partial charge on any atom is -0.462 e. The van der Waals surface area contributed by atoms with Gasteiger partial charge in [0.15, 0.2) is 5.78 Å². The van der Waals surface area contributed by atoms with E-state index >= 15 is 0 Å². The lowest BCUT2D eigenvalue weighted by molar-refractivity contribution is -0.201. The van der Waals surface area contributed by atoms with Gasteiger partial charge in [0.1, 0.15) is 17.8 Å². The van der Waals surface area contributed by atoms with E-state index in [4.69, 9.17) is 18.9 Å². The Labute approximate surface area is 183 Å². The maximum Gasteiger partial charge on any atom is 0.303 e. The third-order valence-electron chi connectivity index (χ3n) is 8.04. The molecule has 2 bridgehead atoms. The Morgan fingerprint density at radius 3 is 2.39 bits per heavy atom. The highest BCUT2D eigenvalue weighted by Crippen LogP contribution is 2.57. The maximum absolute atomic E-state index is 13.0. The van der Waals surface area contributed by atoms with Crippen molar-refractivity contribution in [3.63, 3.8) is 0 Å². The van der Waals surface area contributed by atoms with Gasteiger partial charge in [-0.05, 0) is 36.7 Å². The standard InChI is InChI=1S/C24H34O7/c1-11-8-18-21-20-16(7-12(2)22(21)30-15(5)26)13(3)10-28-24(6,23(20)31-18)19(9-17(11)27)29-14(4)25/h12-13,16,18-23H,1,7-10H2,2-6H3/t12-,13+,16?,18+,19-,20+,21+,22-,23+,24+/m1/s1. The van der Waals surface area contributed by atoms with Crippen molar-refractivity contribution in [1.29, 1.82) is 0 Å². The van der Waals surface area contributed by atoms with Gasteiger partial charge in [-0.3, -0.25) is 14.4 Å². The van der Waals surface area contributed by atoms with Crippen LogP contribution in [0.2, 0.25) is 0 Å². The molecule has 0 N–H and O–H groups in total. The van der Waals surface area contributed by atoms with Crippen LogP contribution in [-0.2, 0) is 33.3 Å². The van der Waals surface area contributed by atoms with E-state index < -0.39 is 17.7 Å². The first-order valence-corrected chi connectivity index (χ1v) is 11.4. The van der Waals surface area contributed by atoms with Crippen LogP contribution in [0.3, 0.4) is 0 Å². The Hall–Kier alpha value is -1.73. The van der Waals surface area contributed by atoms with Gasteiger partial charge in [-0.2, -0.15) is 0 Å². The molecule has 3 saturated heterocycles. The molecule has 1 aliphatic carbocycles. The van der Waals surface area contributed by atoms with Crippen molar-refractivity contribution in [2.75, 3.05) is 6.61 Å². The quantitative estimate of drug-likeness (QED) is 0.488. The Morgan fingerprint density at radius 2 is 1.74 bits per heavy atom. The minimum absolute atomic E-state index is 0.0295. The smallest absolute Gasteiger partial charge is 0.303 e. The van der Waals surface area contributed by atoms with Gasteiger partial charge in [0.05, 0.1) is 25.2 Å². The molecule has 172 valence electrons. The summed E-state index contributed by atoms with van der Waals surface area (Å²) in [5, 5.41) is 0. The molecule has 10 atom stereocenters. The maximum atomic E-state index is 13.0. The van der Waals surface area contributed by atoms with Crippen molar-refractivity contribution in [3.05, 3.63) is 12.2 Å². The Kier molecular flexibility index (Phi) is 5.80. The zero-order valence-corrected chi connectivity index (χ0v) is 19.1. The first kappa shape index (κ1) is 22.5. The largest absolute Gasteiger partial charge is 0.462 e. The van der Waals surface area contributed by atoms with Crippen molar-refractivity contribution in [2.45, 2.75) is 83.9 Å². The molecule has 3 heterocycles. The summed E-state index contributed by atoms with van der Waals surface area (Å²) in [7, 11) is 0. The summed E-state index contributed by atoms with van der Waals surface area (Å²) < 4.78 is 24.6. The van der Waals surface area contributed by atoms with Crippen LogP contribution in [0.4, 0.5) is 0 Å². The van der Waals surface area contributed by atoms with E-state index in [1.165, 1.54) is 13.8 Å². The second-order valence-corrected chi connectivity index (χ2v) is 10.2. The number of fused-ring (bicyclic) bond motifs is 2. The van der Waals surface area contributed by atoms with Gasteiger partial charge in [-0.25, -0.2) is 0 Å². The first-order valence-electron chi connectivity index (χ1n) is 11.4. The van der Waals surface area contributed by atoms with Crippen LogP contribution in [0.5, 0.6) is 0 Å². The number of ketones is 1. The van der Waals surface area contributed by atoms with Crippen LogP contribution in [0.15, 0.2) is 12.2 Å². The predicted octanol–water partition coefficient (Wildman–Crippen LogP) is 2.85. The second-order valence-electron chi connectivity index (χ2n) is 10.2. The molecule has 0 aromatic rings. The molecule has 1 unspecified atom stereocenters. The molecular weight excluding hydrogens is 400 g/mol. The van der Waals surface area contributed by atoms with Gasteiger partial charge in [0.2, 0.25) is 0 Å². The number of hydrogen-bond acceptors (Lipinski definition) is 7. The summed E-state index contributed by atoms with van der Waals surface area (Å²) in [6.45, 7) is 13.5. The highest BCUT2D eigenvalue weighted by atomic mass is 16.6. The van der Waals surface area contributed by atoms with Gasteiger partial charge < -0.3 is 18.9 Å². The zero-order chi connectivity index (χ0) is 22.7. The molecule has 7 nitrogen and oxygen atoms in total. The summed E-state index contributed by atoms with van der Waals surface area (Å²) in [6.07, 6.45) is -0.416. The van der Waals surface area contributed by atoms with Crippen molar-refractivity contribution in [3.8, 4) is 0 Å². The van der Waals surface area contributed by atoms with Gasteiger partial charge >= 0.3 is 11.9 Å². The number of carbonyl (C=O) groups excluding carboxylic acids is 3. The molecule has 7 heteroatoms. The lowest BCUT2D eigenvalue weighted by atomic mass is 9.59. The van der Waals surface area contributed by atoms with Gasteiger partial charge in [0, 0.05) is 32.1 Å². The Balaban J connectivity index is 1.84. The number of esters is 2. The fourth-order valence-corrected chi connectivity index (χ4v) is 6.58. The van der Waals surface area contributed by atoms with Crippen molar-refractivity contribution < 1.29 is 33.3 Å². The summed E-state index contributed by atoms with van der Waals surface area (Å²) >= 11 is 0. The minimum atomic E-state index is -0.978. The van der Waals surface area contributed by atoms with Crippen LogP contribution in [0, 0.1) is 29.6 Å². The Morgan fingerprint density at radius 1 is 1.06 bits per heavy atom. The first-order chi connectivity index (χ1) is 14.5. The summed E-state index contributed by atoms with van der Waals surface area (Å²) in [4.78, 5) is 36.9. The number of rotatable bonds is 2. The molecular formula is C24H34O7. The van der Waals surface area contributed by atoms with Crippen LogP contribution in [0.25, 0.3) is 0 Å². The SMILES string of the molecule is C=C1C[C@@H]2O[C@H]3[C@H]4C(C[C@@H](C)[C@@H](OC(C)=O)[C@H]42)[C@@H](C)CO[C@@]3(C)[C@H](OC(C)=O)CC1=O. The van der Waals surface area contributed by atoms with Crippen LogP contribution < -0.4 is 0 Å². The number of Topliss-reactive ketones (excluding diaryl/α,β-unsaturated/α-hetero) is 1. The van der Waals surface area contributed by atoms with Crippen molar-refractivity contribution >= 4 is 17.7 Å². The number of hydrogen-bond donors (Lipinski definition) is 0. The molecule has 1 saturated carbocycles. The highest BCUT2D eigenvalue weighted by Gasteiger charge is 2.65. The third-order valence-corrected chi connectivity index (χ3v) is 8.04. The molecule has 0 radical (unpaired) electrons. The molecule has 3 aliphatic heterocycles.